The molecule has 0 saturated carbocycles. The van der Waals surface area contributed by atoms with E-state index in [9.17, 15) is 4.79 Å². The van der Waals surface area contributed by atoms with Crippen molar-refractivity contribution in [1.82, 2.24) is 15.1 Å². The van der Waals surface area contributed by atoms with Gasteiger partial charge in [-0.3, -0.25) is 4.79 Å². The number of piperidine rings is 1. The van der Waals surface area contributed by atoms with Crippen LogP contribution in [0.4, 0.5) is 0 Å². The molecule has 2 aliphatic heterocycles. The molecule has 0 bridgehead atoms. The summed E-state index contributed by atoms with van der Waals surface area (Å²) in [4.78, 5) is 16.5. The van der Waals surface area contributed by atoms with Crippen molar-refractivity contribution >= 4 is 5.91 Å². The number of nitrogens with one attached hydrogen (secondary N) is 1. The van der Waals surface area contributed by atoms with Gasteiger partial charge in [0.05, 0.1) is 6.54 Å². The highest BCUT2D eigenvalue weighted by molar-refractivity contribution is 5.78. The van der Waals surface area contributed by atoms with Gasteiger partial charge in [-0.05, 0) is 51.6 Å². The van der Waals surface area contributed by atoms with Crippen LogP contribution in [0.3, 0.4) is 0 Å². The number of carbonyl (C=O) groups excluding carboxylic acids is 1. The smallest absolute Gasteiger partial charge is 0.236 e. The summed E-state index contributed by atoms with van der Waals surface area (Å²) in [7, 11) is 0. The lowest BCUT2D eigenvalue weighted by molar-refractivity contribution is -0.129. The lowest BCUT2D eigenvalue weighted by Crippen LogP contribution is -2.47. The molecule has 0 radical (unpaired) electrons. The van der Waals surface area contributed by atoms with Crippen molar-refractivity contribution in [3.05, 3.63) is 0 Å². The Bertz CT molecular complexity index is 289. The van der Waals surface area contributed by atoms with Gasteiger partial charge in [0, 0.05) is 25.7 Å². The van der Waals surface area contributed by atoms with Gasteiger partial charge in [0.25, 0.3) is 0 Å². The van der Waals surface area contributed by atoms with Gasteiger partial charge in [0.1, 0.15) is 0 Å². The van der Waals surface area contributed by atoms with Crippen LogP contribution < -0.4 is 5.32 Å². The molecule has 0 aromatic heterocycles. The molecule has 2 heterocycles. The Labute approximate surface area is 117 Å². The van der Waals surface area contributed by atoms with E-state index in [0.29, 0.717) is 18.5 Å². The summed E-state index contributed by atoms with van der Waals surface area (Å²) in [6.07, 6.45) is 4.94. The number of hydrogen-bond acceptors (Lipinski definition) is 3. The number of nitrogens with zero attached hydrogens (tertiary/aromatic N) is 2. The van der Waals surface area contributed by atoms with Crippen molar-refractivity contribution in [3.8, 4) is 0 Å². The summed E-state index contributed by atoms with van der Waals surface area (Å²) in [6.45, 7) is 10.5. The minimum atomic E-state index is 0.285. The highest BCUT2D eigenvalue weighted by Gasteiger charge is 2.25. The quantitative estimate of drug-likeness (QED) is 0.816. The fourth-order valence-electron chi connectivity index (χ4n) is 3.28. The summed E-state index contributed by atoms with van der Waals surface area (Å²) in [5.41, 5.74) is 0. The van der Waals surface area contributed by atoms with E-state index in [1.165, 1.54) is 38.8 Å². The van der Waals surface area contributed by atoms with Crippen LogP contribution in [0.15, 0.2) is 0 Å². The molecule has 2 fully saturated rings. The maximum absolute atomic E-state index is 12.0. The average Bonchev–Trinajstić information content (AvgIpc) is 2.98. The van der Waals surface area contributed by atoms with Crippen LogP contribution in [0.1, 0.15) is 39.5 Å². The second kappa shape index (κ2) is 7.25. The fraction of sp³-hybridized carbons (Fsp3) is 0.933. The molecule has 2 rings (SSSR count). The predicted molar refractivity (Wildman–Crippen MR) is 78.1 cm³/mol. The zero-order valence-electron chi connectivity index (χ0n) is 12.5. The maximum Gasteiger partial charge on any atom is 0.236 e. The number of likely N-dealkylation sites (tertiary alicyclic amines) is 2. The van der Waals surface area contributed by atoms with Crippen LogP contribution in [0.2, 0.25) is 0 Å². The highest BCUT2D eigenvalue weighted by atomic mass is 16.2. The van der Waals surface area contributed by atoms with Crippen molar-refractivity contribution in [1.29, 1.82) is 0 Å². The molecule has 1 N–H and O–H groups in total. The van der Waals surface area contributed by atoms with E-state index in [1.54, 1.807) is 0 Å². The molecule has 2 atom stereocenters. The van der Waals surface area contributed by atoms with Gasteiger partial charge in [0.15, 0.2) is 0 Å². The summed E-state index contributed by atoms with van der Waals surface area (Å²) < 4.78 is 0. The lowest BCUT2D eigenvalue weighted by atomic mass is 9.91. The van der Waals surface area contributed by atoms with E-state index in [4.69, 9.17) is 0 Å². The predicted octanol–water partition coefficient (Wildman–Crippen LogP) is 1.32. The third kappa shape index (κ3) is 4.18. The molecule has 0 aromatic rings. The fourth-order valence-corrected chi connectivity index (χ4v) is 3.28. The van der Waals surface area contributed by atoms with Crippen molar-refractivity contribution in [3.63, 3.8) is 0 Å². The molecule has 19 heavy (non-hydrogen) atoms. The Balaban J connectivity index is 1.71. The Morgan fingerprint density at radius 2 is 2.00 bits per heavy atom. The highest BCUT2D eigenvalue weighted by Crippen LogP contribution is 2.19. The first kappa shape index (κ1) is 14.8. The Morgan fingerprint density at radius 3 is 2.68 bits per heavy atom. The first-order valence-electron chi connectivity index (χ1n) is 7.94. The van der Waals surface area contributed by atoms with Crippen molar-refractivity contribution in [2.24, 2.45) is 5.92 Å². The van der Waals surface area contributed by atoms with E-state index in [0.717, 1.165) is 19.6 Å². The number of amides is 1. The summed E-state index contributed by atoms with van der Waals surface area (Å²) in [5, 5.41) is 3.46. The normalized spacial score (nSPS) is 26.6. The van der Waals surface area contributed by atoms with Gasteiger partial charge >= 0.3 is 0 Å². The largest absolute Gasteiger partial charge is 0.342 e. The van der Waals surface area contributed by atoms with Crippen LogP contribution in [0.25, 0.3) is 0 Å². The third-order valence-electron chi connectivity index (χ3n) is 4.73. The molecule has 4 heteroatoms. The first-order chi connectivity index (χ1) is 9.20. The standard InChI is InChI=1S/C15H29N3O/c1-3-17-8-6-7-14(12-17)13(2)16-11-15(19)18-9-4-5-10-18/h13-14,16H,3-12H2,1-2H3. The first-order valence-corrected chi connectivity index (χ1v) is 7.94. The van der Waals surface area contributed by atoms with E-state index in [-0.39, 0.29) is 5.91 Å². The summed E-state index contributed by atoms with van der Waals surface area (Å²) >= 11 is 0. The molecule has 0 spiro atoms. The maximum atomic E-state index is 12.0. The van der Waals surface area contributed by atoms with E-state index >= 15 is 0 Å². The Morgan fingerprint density at radius 1 is 1.26 bits per heavy atom. The van der Waals surface area contributed by atoms with E-state index in [1.807, 2.05) is 4.90 Å². The second-order valence-electron chi connectivity index (χ2n) is 6.05. The van der Waals surface area contributed by atoms with Crippen LogP contribution >= 0.6 is 0 Å². The zero-order chi connectivity index (χ0) is 13.7. The van der Waals surface area contributed by atoms with Gasteiger partial charge in [0.2, 0.25) is 5.91 Å². The van der Waals surface area contributed by atoms with E-state index in [2.05, 4.69) is 24.1 Å². The zero-order valence-corrected chi connectivity index (χ0v) is 12.5. The SMILES string of the molecule is CCN1CCCC(C(C)NCC(=O)N2CCCC2)C1. The minimum Gasteiger partial charge on any atom is -0.342 e. The monoisotopic (exact) mass is 267 g/mol. The third-order valence-corrected chi connectivity index (χ3v) is 4.73. The molecule has 0 aliphatic carbocycles. The average molecular weight is 267 g/mol. The van der Waals surface area contributed by atoms with Crippen LogP contribution in [0, 0.1) is 5.92 Å². The van der Waals surface area contributed by atoms with Crippen LogP contribution in [0.5, 0.6) is 0 Å². The molecule has 2 unspecified atom stereocenters. The van der Waals surface area contributed by atoms with Crippen molar-refractivity contribution in [2.75, 3.05) is 39.3 Å². The molecular weight excluding hydrogens is 238 g/mol. The summed E-state index contributed by atoms with van der Waals surface area (Å²) in [5.74, 6) is 0.979. The number of carbonyl (C=O) groups is 1. The number of rotatable bonds is 5. The Kier molecular flexibility index (Phi) is 5.64. The molecule has 110 valence electrons. The minimum absolute atomic E-state index is 0.285. The molecule has 2 aliphatic rings. The van der Waals surface area contributed by atoms with Gasteiger partial charge in [-0.15, -0.1) is 0 Å². The molecule has 0 aromatic carbocycles. The topological polar surface area (TPSA) is 35.6 Å². The summed E-state index contributed by atoms with van der Waals surface area (Å²) in [6, 6.07) is 0.445. The van der Waals surface area contributed by atoms with Gasteiger partial charge in [-0.1, -0.05) is 6.92 Å². The van der Waals surface area contributed by atoms with Crippen LogP contribution in [-0.2, 0) is 4.79 Å². The van der Waals surface area contributed by atoms with Gasteiger partial charge < -0.3 is 15.1 Å². The molecule has 1 amide bonds. The Hall–Kier alpha value is -0.610. The molecule has 2 saturated heterocycles. The second-order valence-corrected chi connectivity index (χ2v) is 6.05. The lowest BCUT2D eigenvalue weighted by Gasteiger charge is -2.35. The van der Waals surface area contributed by atoms with Gasteiger partial charge in [-0.25, -0.2) is 0 Å². The van der Waals surface area contributed by atoms with Gasteiger partial charge in [-0.2, -0.15) is 0 Å². The van der Waals surface area contributed by atoms with Crippen molar-refractivity contribution in [2.45, 2.75) is 45.6 Å². The molecule has 4 nitrogen and oxygen atoms in total. The number of hydrogen-bond donors (Lipinski definition) is 1. The van der Waals surface area contributed by atoms with Crippen molar-refractivity contribution < 1.29 is 4.79 Å². The van der Waals surface area contributed by atoms with E-state index < -0.39 is 0 Å². The van der Waals surface area contributed by atoms with Crippen LogP contribution in [-0.4, -0.2) is 61.0 Å². The molecular formula is C15H29N3O.